The van der Waals surface area contributed by atoms with Crippen LogP contribution in [0.15, 0.2) is 54.6 Å². The Balaban J connectivity index is 1.85. The van der Waals surface area contributed by atoms with E-state index in [4.69, 9.17) is 4.74 Å². The van der Waals surface area contributed by atoms with Crippen molar-refractivity contribution >= 4 is 11.9 Å². The molecule has 0 aliphatic heterocycles. The number of carboxylic acids is 1. The minimum absolute atomic E-state index is 0.0266. The topological polar surface area (TPSA) is 114 Å². The second-order valence-corrected chi connectivity index (χ2v) is 6.15. The fourth-order valence-corrected chi connectivity index (χ4v) is 2.78. The molecule has 3 N–H and O–H groups in total. The standard InChI is InChI=1S/C20H18FN3O5/c1-29-13-8-6-12(7-9-13)15(11-19(26)27)22-20(28)16-10-18(25)24(23-16)17-5-3-2-4-14(17)21/h2-10,15,25H,11H2,1H3,(H,22,28)(H,26,27)/t15-/m0/s1. The third-order valence-corrected chi connectivity index (χ3v) is 4.21. The number of nitrogens with zero attached hydrogens (tertiary/aromatic N) is 2. The monoisotopic (exact) mass is 399 g/mol. The van der Waals surface area contributed by atoms with E-state index >= 15 is 0 Å². The van der Waals surface area contributed by atoms with Crippen LogP contribution in [0.2, 0.25) is 0 Å². The van der Waals surface area contributed by atoms with Gasteiger partial charge in [0.05, 0.1) is 19.6 Å². The molecule has 1 amide bonds. The number of carbonyl (C=O) groups is 2. The van der Waals surface area contributed by atoms with Crippen molar-refractivity contribution in [3.8, 4) is 17.3 Å². The highest BCUT2D eigenvalue weighted by atomic mass is 19.1. The number of carboxylic acid groups (broad SMARTS) is 1. The molecule has 0 unspecified atom stereocenters. The number of amides is 1. The highest BCUT2D eigenvalue weighted by Crippen LogP contribution is 2.23. The summed E-state index contributed by atoms with van der Waals surface area (Å²) in [5.41, 5.74) is 0.343. The van der Waals surface area contributed by atoms with Crippen LogP contribution in [0.1, 0.15) is 28.5 Å². The Kier molecular flexibility index (Phi) is 5.77. The van der Waals surface area contributed by atoms with Crippen molar-refractivity contribution in [2.45, 2.75) is 12.5 Å². The summed E-state index contributed by atoms with van der Waals surface area (Å²) in [6.45, 7) is 0. The van der Waals surface area contributed by atoms with E-state index < -0.39 is 29.6 Å². The molecule has 0 radical (unpaired) electrons. The lowest BCUT2D eigenvalue weighted by atomic mass is 10.0. The van der Waals surface area contributed by atoms with Gasteiger partial charge >= 0.3 is 5.97 Å². The lowest BCUT2D eigenvalue weighted by Crippen LogP contribution is -2.30. The van der Waals surface area contributed by atoms with Gasteiger partial charge in [-0.2, -0.15) is 9.78 Å². The Hall–Kier alpha value is -3.88. The predicted molar refractivity (Wildman–Crippen MR) is 101 cm³/mol. The SMILES string of the molecule is COc1ccc([C@H](CC(=O)O)NC(=O)c2cc(O)n(-c3ccccc3F)n2)cc1. The summed E-state index contributed by atoms with van der Waals surface area (Å²) >= 11 is 0. The second-order valence-electron chi connectivity index (χ2n) is 6.15. The van der Waals surface area contributed by atoms with Gasteiger partial charge in [0.1, 0.15) is 17.3 Å². The zero-order valence-corrected chi connectivity index (χ0v) is 15.4. The summed E-state index contributed by atoms with van der Waals surface area (Å²) in [5, 5.41) is 25.8. The number of hydrogen-bond donors (Lipinski definition) is 3. The number of carbonyl (C=O) groups excluding carboxylic acids is 1. The summed E-state index contributed by atoms with van der Waals surface area (Å²) < 4.78 is 19.9. The van der Waals surface area contributed by atoms with Crippen molar-refractivity contribution in [2.75, 3.05) is 7.11 Å². The zero-order valence-electron chi connectivity index (χ0n) is 15.4. The Morgan fingerprint density at radius 1 is 1.21 bits per heavy atom. The van der Waals surface area contributed by atoms with Gasteiger partial charge in [0.15, 0.2) is 5.69 Å². The molecule has 1 atom stereocenters. The molecule has 0 saturated heterocycles. The van der Waals surface area contributed by atoms with E-state index in [2.05, 4.69) is 10.4 Å². The first-order chi connectivity index (χ1) is 13.9. The summed E-state index contributed by atoms with van der Waals surface area (Å²) in [5.74, 6) is -2.29. The van der Waals surface area contributed by atoms with Gasteiger partial charge in [-0.15, -0.1) is 0 Å². The van der Waals surface area contributed by atoms with E-state index in [1.54, 1.807) is 30.3 Å². The number of rotatable bonds is 7. The zero-order chi connectivity index (χ0) is 21.0. The molecule has 150 valence electrons. The third kappa shape index (κ3) is 4.52. The average Bonchev–Trinajstić information content (AvgIpc) is 3.09. The van der Waals surface area contributed by atoms with E-state index in [-0.39, 0.29) is 17.8 Å². The number of benzene rings is 2. The molecule has 9 heteroatoms. The largest absolute Gasteiger partial charge is 0.497 e. The van der Waals surface area contributed by atoms with Crippen LogP contribution in [0.25, 0.3) is 5.69 Å². The molecule has 0 bridgehead atoms. The normalized spacial score (nSPS) is 11.7. The van der Waals surface area contributed by atoms with E-state index in [0.29, 0.717) is 11.3 Å². The van der Waals surface area contributed by atoms with Crippen molar-refractivity contribution in [2.24, 2.45) is 0 Å². The molecule has 3 aromatic rings. The van der Waals surface area contributed by atoms with Crippen LogP contribution in [-0.4, -0.2) is 39.0 Å². The summed E-state index contributed by atoms with van der Waals surface area (Å²) in [4.78, 5) is 23.8. The molecule has 0 saturated carbocycles. The number of aromatic hydroxyl groups is 1. The van der Waals surface area contributed by atoms with Crippen LogP contribution in [0.3, 0.4) is 0 Å². The maximum Gasteiger partial charge on any atom is 0.305 e. The maximum atomic E-state index is 14.0. The molecular weight excluding hydrogens is 381 g/mol. The molecule has 0 fully saturated rings. The Bertz CT molecular complexity index is 1030. The molecule has 8 nitrogen and oxygen atoms in total. The van der Waals surface area contributed by atoms with E-state index in [1.807, 2.05) is 0 Å². The average molecular weight is 399 g/mol. The number of methoxy groups -OCH3 is 1. The van der Waals surface area contributed by atoms with Crippen LogP contribution in [0.4, 0.5) is 4.39 Å². The fraction of sp³-hybridized carbons (Fsp3) is 0.150. The molecule has 0 spiro atoms. The lowest BCUT2D eigenvalue weighted by Gasteiger charge is -2.17. The molecule has 0 aliphatic carbocycles. The molecule has 2 aromatic carbocycles. The van der Waals surface area contributed by atoms with Gasteiger partial charge in [-0.3, -0.25) is 9.59 Å². The van der Waals surface area contributed by atoms with E-state index in [9.17, 15) is 24.2 Å². The first-order valence-corrected chi connectivity index (χ1v) is 8.59. The summed E-state index contributed by atoms with van der Waals surface area (Å²) in [7, 11) is 1.50. The van der Waals surface area contributed by atoms with E-state index in [1.165, 1.54) is 25.3 Å². The minimum Gasteiger partial charge on any atom is -0.497 e. The van der Waals surface area contributed by atoms with E-state index in [0.717, 1.165) is 10.7 Å². The summed E-state index contributed by atoms with van der Waals surface area (Å²) in [6.07, 6.45) is -0.363. The first-order valence-electron chi connectivity index (χ1n) is 8.59. The number of aliphatic carboxylic acids is 1. The van der Waals surface area contributed by atoms with Crippen LogP contribution in [0.5, 0.6) is 11.6 Å². The first kappa shape index (κ1) is 19.9. The fourth-order valence-electron chi connectivity index (χ4n) is 2.78. The quantitative estimate of drug-likeness (QED) is 0.563. The molecular formula is C20H18FN3O5. The van der Waals surface area contributed by atoms with Crippen LogP contribution in [-0.2, 0) is 4.79 Å². The van der Waals surface area contributed by atoms with Crippen LogP contribution < -0.4 is 10.1 Å². The second kappa shape index (κ2) is 8.42. The third-order valence-electron chi connectivity index (χ3n) is 4.21. The number of nitrogens with one attached hydrogen (secondary N) is 1. The van der Waals surface area contributed by atoms with Crippen molar-refractivity contribution in [1.29, 1.82) is 0 Å². The van der Waals surface area contributed by atoms with Gasteiger partial charge in [-0.05, 0) is 29.8 Å². The highest BCUT2D eigenvalue weighted by Gasteiger charge is 2.22. The van der Waals surface area contributed by atoms with Gasteiger partial charge in [-0.1, -0.05) is 24.3 Å². The van der Waals surface area contributed by atoms with Gasteiger partial charge < -0.3 is 20.3 Å². The van der Waals surface area contributed by atoms with Gasteiger partial charge in [-0.25, -0.2) is 4.39 Å². The van der Waals surface area contributed by atoms with Crippen LogP contribution >= 0.6 is 0 Å². The van der Waals surface area contributed by atoms with Crippen molar-refractivity contribution in [3.63, 3.8) is 0 Å². The lowest BCUT2D eigenvalue weighted by molar-refractivity contribution is -0.137. The number of ether oxygens (including phenoxy) is 1. The summed E-state index contributed by atoms with van der Waals surface area (Å²) in [6, 6.07) is 12.5. The Morgan fingerprint density at radius 2 is 1.90 bits per heavy atom. The smallest absolute Gasteiger partial charge is 0.305 e. The maximum absolute atomic E-state index is 14.0. The van der Waals surface area contributed by atoms with Crippen LogP contribution in [0, 0.1) is 5.82 Å². The molecule has 1 aromatic heterocycles. The Labute approximate surface area is 165 Å². The Morgan fingerprint density at radius 3 is 2.52 bits per heavy atom. The minimum atomic E-state index is -1.11. The molecule has 1 heterocycles. The molecule has 3 rings (SSSR count). The van der Waals surface area contributed by atoms with Gasteiger partial charge in [0.2, 0.25) is 5.88 Å². The molecule has 29 heavy (non-hydrogen) atoms. The predicted octanol–water partition coefficient (Wildman–Crippen LogP) is 2.67. The van der Waals surface area contributed by atoms with Gasteiger partial charge in [0, 0.05) is 6.07 Å². The molecule has 0 aliphatic rings. The number of para-hydroxylation sites is 1. The number of hydrogen-bond acceptors (Lipinski definition) is 5. The van der Waals surface area contributed by atoms with Gasteiger partial charge in [0.25, 0.3) is 5.91 Å². The van der Waals surface area contributed by atoms with Crippen molar-refractivity contribution < 1.29 is 28.9 Å². The van der Waals surface area contributed by atoms with Crippen molar-refractivity contribution in [1.82, 2.24) is 15.1 Å². The number of aromatic nitrogens is 2. The number of halogens is 1. The van der Waals surface area contributed by atoms with Crippen molar-refractivity contribution in [3.05, 3.63) is 71.7 Å². The highest BCUT2D eigenvalue weighted by molar-refractivity contribution is 5.93.